The standard InChI is InChI=1S/C18H18N4O6S/c1-13(11-14-5-3-2-4-6-14)22-12-17(27-21-22)20-18(23)19-15-7-9-16(10-8-15)28-29(24,25)26/h2-10,12-13H,11H2,1H3,(H2-,19,20,21,23,24,25,26). The zero-order valence-corrected chi connectivity index (χ0v) is 16.1. The molecule has 10 nitrogen and oxygen atoms in total. The monoisotopic (exact) mass is 418 g/mol. The Morgan fingerprint density at radius 1 is 1.17 bits per heavy atom. The van der Waals surface area contributed by atoms with Gasteiger partial charge in [-0.2, -0.15) is 0 Å². The maximum Gasteiger partial charge on any atom is 0.326 e. The molecule has 29 heavy (non-hydrogen) atoms. The average Bonchev–Trinajstić information content (AvgIpc) is 3.11. The van der Waals surface area contributed by atoms with Crippen LogP contribution in [0, 0.1) is 0 Å². The predicted molar refractivity (Wildman–Crippen MR) is 101 cm³/mol. The Bertz CT molecular complexity index is 1070. The summed E-state index contributed by atoms with van der Waals surface area (Å²) in [4.78, 5) is 12.1. The van der Waals surface area contributed by atoms with Crippen LogP contribution in [0.3, 0.4) is 0 Å². The molecule has 1 aromatic heterocycles. The summed E-state index contributed by atoms with van der Waals surface area (Å²) in [5.41, 5.74) is 1.50. The highest BCUT2D eigenvalue weighted by atomic mass is 32.3. The summed E-state index contributed by atoms with van der Waals surface area (Å²) in [5, 5.41) is 8.95. The summed E-state index contributed by atoms with van der Waals surface area (Å²) in [6.07, 6.45) is 2.32. The van der Waals surface area contributed by atoms with Crippen molar-refractivity contribution in [1.29, 1.82) is 0 Å². The normalized spacial score (nSPS) is 12.2. The minimum atomic E-state index is -4.85. The van der Waals surface area contributed by atoms with Crippen molar-refractivity contribution in [2.45, 2.75) is 19.4 Å². The van der Waals surface area contributed by atoms with Crippen molar-refractivity contribution in [3.8, 4) is 5.75 Å². The van der Waals surface area contributed by atoms with Crippen LogP contribution in [0.5, 0.6) is 5.75 Å². The molecule has 3 rings (SSSR count). The van der Waals surface area contributed by atoms with Crippen LogP contribution >= 0.6 is 0 Å². The van der Waals surface area contributed by atoms with E-state index in [9.17, 15) is 17.8 Å². The first-order chi connectivity index (χ1) is 13.8. The van der Waals surface area contributed by atoms with Gasteiger partial charge in [0.2, 0.25) is 5.27 Å². The molecule has 1 unspecified atom stereocenters. The number of carbonyl (C=O) groups is 1. The Kier molecular flexibility index (Phi) is 6.10. The molecule has 0 aliphatic rings. The van der Waals surface area contributed by atoms with E-state index < -0.39 is 16.4 Å². The second-order valence-corrected chi connectivity index (χ2v) is 7.16. The molecule has 0 bridgehead atoms. The van der Waals surface area contributed by atoms with Gasteiger partial charge in [0, 0.05) is 19.0 Å². The van der Waals surface area contributed by atoms with E-state index in [4.69, 9.17) is 4.52 Å². The summed E-state index contributed by atoms with van der Waals surface area (Å²) in [5.74, 6) is -0.00514. The van der Waals surface area contributed by atoms with Crippen molar-refractivity contribution in [3.05, 3.63) is 66.4 Å². The molecule has 0 spiro atoms. The highest BCUT2D eigenvalue weighted by Gasteiger charge is 2.21. The quantitative estimate of drug-likeness (QED) is 0.341. The Morgan fingerprint density at radius 3 is 2.52 bits per heavy atom. The lowest BCUT2D eigenvalue weighted by Gasteiger charge is -2.09. The summed E-state index contributed by atoms with van der Waals surface area (Å²) in [7, 11) is -4.85. The van der Waals surface area contributed by atoms with E-state index >= 15 is 0 Å². The molecule has 2 amide bonds. The van der Waals surface area contributed by atoms with Gasteiger partial charge in [-0.05, 0) is 34.5 Å². The van der Waals surface area contributed by atoms with Crippen LogP contribution in [0.1, 0.15) is 18.5 Å². The van der Waals surface area contributed by atoms with Gasteiger partial charge in [0.15, 0.2) is 6.04 Å². The van der Waals surface area contributed by atoms with Crippen LogP contribution in [0.4, 0.5) is 16.4 Å². The molecule has 0 aliphatic carbocycles. The second-order valence-electron chi connectivity index (χ2n) is 6.18. The largest absolute Gasteiger partial charge is 0.716 e. The van der Waals surface area contributed by atoms with Crippen molar-refractivity contribution in [1.82, 2.24) is 5.27 Å². The highest BCUT2D eigenvalue weighted by molar-refractivity contribution is 7.81. The fraction of sp³-hybridized carbons (Fsp3) is 0.167. The molecule has 0 radical (unpaired) electrons. The molecule has 2 N–H and O–H groups in total. The number of rotatable bonds is 7. The molecule has 0 fully saturated rings. The molecule has 1 heterocycles. The van der Waals surface area contributed by atoms with Gasteiger partial charge in [0.1, 0.15) is 5.75 Å². The van der Waals surface area contributed by atoms with Gasteiger partial charge in [0.05, 0.1) is 0 Å². The van der Waals surface area contributed by atoms with Crippen molar-refractivity contribution < 1.29 is 31.2 Å². The first-order valence-corrected chi connectivity index (χ1v) is 9.87. The predicted octanol–water partition coefficient (Wildman–Crippen LogP) is 2.25. The molecule has 0 saturated heterocycles. The number of aromatic nitrogens is 2. The van der Waals surface area contributed by atoms with E-state index in [0.29, 0.717) is 5.69 Å². The van der Waals surface area contributed by atoms with E-state index in [0.717, 1.165) is 12.0 Å². The summed E-state index contributed by atoms with van der Waals surface area (Å²) in [6, 6.07) is 14.6. The van der Waals surface area contributed by atoms with E-state index in [-0.39, 0.29) is 17.7 Å². The number of urea groups is 1. The molecule has 3 aromatic rings. The average molecular weight is 418 g/mol. The van der Waals surface area contributed by atoms with Gasteiger partial charge in [-0.1, -0.05) is 30.3 Å². The van der Waals surface area contributed by atoms with Gasteiger partial charge in [-0.25, -0.2) is 13.2 Å². The second kappa shape index (κ2) is 8.71. The zero-order chi connectivity index (χ0) is 20.9. The van der Waals surface area contributed by atoms with Gasteiger partial charge < -0.3 is 14.1 Å². The third kappa shape index (κ3) is 6.30. The van der Waals surface area contributed by atoms with Gasteiger partial charge in [-0.15, -0.1) is 0 Å². The molecule has 11 heteroatoms. The number of benzene rings is 2. The molecule has 152 valence electrons. The lowest BCUT2D eigenvalue weighted by molar-refractivity contribution is -0.782. The Morgan fingerprint density at radius 2 is 1.86 bits per heavy atom. The van der Waals surface area contributed by atoms with Crippen LogP contribution in [0.2, 0.25) is 0 Å². The molecule has 0 saturated carbocycles. The Labute approximate surface area is 167 Å². The fourth-order valence-electron chi connectivity index (χ4n) is 2.56. The molecular weight excluding hydrogens is 400 g/mol. The SMILES string of the molecule is CC(Cc1ccccc1)[n+]1cc(NC(=O)Nc2ccc(OS(=O)(=O)[O-])cc2)on1. The third-order valence-corrected chi connectivity index (χ3v) is 4.25. The van der Waals surface area contributed by atoms with Crippen molar-refractivity contribution in [2.75, 3.05) is 10.6 Å². The third-order valence-electron chi connectivity index (χ3n) is 3.86. The number of carbonyl (C=O) groups excluding carboxylic acids is 1. The number of anilines is 2. The molecule has 0 aliphatic heterocycles. The summed E-state index contributed by atoms with van der Waals surface area (Å²) >= 11 is 0. The summed E-state index contributed by atoms with van der Waals surface area (Å²) < 4.78 is 42.6. The van der Waals surface area contributed by atoms with Gasteiger partial charge >= 0.3 is 11.9 Å². The number of amides is 2. The molecular formula is C18H18N4O6S. The topological polar surface area (TPSA) is 137 Å². The number of hydrogen-bond donors (Lipinski definition) is 2. The van der Waals surface area contributed by atoms with E-state index in [1.807, 2.05) is 37.3 Å². The van der Waals surface area contributed by atoms with Crippen molar-refractivity contribution in [3.63, 3.8) is 0 Å². The molecule has 1 atom stereocenters. The smallest absolute Gasteiger partial charge is 0.326 e. The van der Waals surface area contributed by atoms with Crippen molar-refractivity contribution >= 4 is 28.0 Å². The van der Waals surface area contributed by atoms with Crippen LogP contribution in [0.15, 0.2) is 65.3 Å². The van der Waals surface area contributed by atoms with E-state index in [2.05, 4.69) is 20.1 Å². The summed E-state index contributed by atoms with van der Waals surface area (Å²) in [6.45, 7) is 1.98. The zero-order valence-electron chi connectivity index (χ0n) is 15.3. The Balaban J connectivity index is 1.54. The van der Waals surface area contributed by atoms with Crippen LogP contribution in [-0.2, 0) is 16.8 Å². The van der Waals surface area contributed by atoms with E-state index in [1.165, 1.54) is 24.3 Å². The highest BCUT2D eigenvalue weighted by Crippen LogP contribution is 2.17. The maximum absolute atomic E-state index is 12.1. The number of nitrogens with one attached hydrogen (secondary N) is 2. The number of nitrogens with zero attached hydrogens (tertiary/aromatic N) is 2. The Hall–Kier alpha value is -3.44. The molecule has 2 aromatic carbocycles. The van der Waals surface area contributed by atoms with Crippen LogP contribution < -0.4 is 19.5 Å². The first kappa shape index (κ1) is 20.3. The minimum absolute atomic E-state index is 0.0181. The van der Waals surface area contributed by atoms with Gasteiger partial charge in [-0.3, -0.25) is 9.84 Å². The maximum atomic E-state index is 12.1. The first-order valence-electron chi connectivity index (χ1n) is 8.54. The van der Waals surface area contributed by atoms with Gasteiger partial charge in [0.25, 0.3) is 16.6 Å². The minimum Gasteiger partial charge on any atom is -0.716 e. The van der Waals surface area contributed by atoms with E-state index in [1.54, 1.807) is 10.9 Å². The fourth-order valence-corrected chi connectivity index (χ4v) is 2.90. The van der Waals surface area contributed by atoms with Crippen LogP contribution in [0.25, 0.3) is 0 Å². The lowest BCUT2D eigenvalue weighted by Crippen LogP contribution is -2.40. The van der Waals surface area contributed by atoms with Crippen molar-refractivity contribution in [2.24, 2.45) is 0 Å². The number of hydrogen-bond acceptors (Lipinski definition) is 7. The van der Waals surface area contributed by atoms with Crippen LogP contribution in [-0.4, -0.2) is 24.3 Å². The lowest BCUT2D eigenvalue weighted by atomic mass is 10.1.